The van der Waals surface area contributed by atoms with Crippen LogP contribution < -0.4 is 5.73 Å². The molecule has 2 N–H and O–H groups in total. The SMILES string of the molecule is CCOC(=O)C1=C2SCC(=C(C)C(N)=O)N2CC1. The smallest absolute Gasteiger partial charge is 0.336 e. The van der Waals surface area contributed by atoms with Gasteiger partial charge in [0.1, 0.15) is 0 Å². The highest BCUT2D eigenvalue weighted by atomic mass is 32.2. The third-order valence-electron chi connectivity index (χ3n) is 3.08. The van der Waals surface area contributed by atoms with Gasteiger partial charge in [-0.25, -0.2) is 4.79 Å². The second kappa shape index (κ2) is 5.06. The first-order valence-corrected chi connectivity index (χ1v) is 6.85. The van der Waals surface area contributed by atoms with E-state index in [1.807, 2.05) is 4.90 Å². The molecule has 0 saturated carbocycles. The number of hydrogen-bond acceptors (Lipinski definition) is 5. The Morgan fingerprint density at radius 3 is 2.83 bits per heavy atom. The third kappa shape index (κ3) is 2.12. The van der Waals surface area contributed by atoms with Gasteiger partial charge < -0.3 is 15.4 Å². The molecule has 0 aliphatic carbocycles. The average molecular weight is 268 g/mol. The van der Waals surface area contributed by atoms with Gasteiger partial charge >= 0.3 is 5.97 Å². The third-order valence-corrected chi connectivity index (χ3v) is 4.24. The van der Waals surface area contributed by atoms with Crippen molar-refractivity contribution in [1.29, 1.82) is 0 Å². The Morgan fingerprint density at radius 1 is 1.50 bits per heavy atom. The number of ether oxygens (including phenoxy) is 1. The molecule has 18 heavy (non-hydrogen) atoms. The van der Waals surface area contributed by atoms with Gasteiger partial charge in [-0.2, -0.15) is 0 Å². The Labute approximate surface area is 110 Å². The summed E-state index contributed by atoms with van der Waals surface area (Å²) in [6, 6.07) is 0. The van der Waals surface area contributed by atoms with Crippen LogP contribution in [0.1, 0.15) is 20.3 Å². The summed E-state index contributed by atoms with van der Waals surface area (Å²) < 4.78 is 5.03. The predicted molar refractivity (Wildman–Crippen MR) is 69.3 cm³/mol. The van der Waals surface area contributed by atoms with Crippen LogP contribution in [0, 0.1) is 0 Å². The monoisotopic (exact) mass is 268 g/mol. The van der Waals surface area contributed by atoms with Crippen molar-refractivity contribution < 1.29 is 14.3 Å². The molecular formula is C12H16N2O3S. The molecule has 0 bridgehead atoms. The minimum atomic E-state index is -0.406. The standard InChI is InChI=1S/C12H16N2O3S/c1-3-17-12(16)8-4-5-14-9(6-18-11(8)14)7(2)10(13)15/h3-6H2,1-2H3,(H2,13,15). The minimum Gasteiger partial charge on any atom is -0.463 e. The Bertz CT molecular complexity index is 468. The predicted octanol–water partition coefficient (Wildman–Crippen LogP) is 0.973. The van der Waals surface area contributed by atoms with Crippen LogP contribution in [0.3, 0.4) is 0 Å². The summed E-state index contributed by atoms with van der Waals surface area (Å²) in [7, 11) is 0. The van der Waals surface area contributed by atoms with E-state index in [-0.39, 0.29) is 5.97 Å². The molecule has 6 heteroatoms. The first kappa shape index (κ1) is 13.0. The number of hydrogen-bond donors (Lipinski definition) is 1. The van der Waals surface area contributed by atoms with Crippen molar-refractivity contribution in [1.82, 2.24) is 4.90 Å². The average Bonchev–Trinajstić information content (AvgIpc) is 2.88. The molecule has 2 aliphatic rings. The highest BCUT2D eigenvalue weighted by Crippen LogP contribution is 2.43. The van der Waals surface area contributed by atoms with Crippen molar-refractivity contribution in [2.24, 2.45) is 5.73 Å². The number of carbonyl (C=O) groups excluding carboxylic acids is 2. The number of thioether (sulfide) groups is 1. The quantitative estimate of drug-likeness (QED) is 0.610. The number of fused-ring (bicyclic) bond motifs is 1. The number of rotatable bonds is 3. The summed E-state index contributed by atoms with van der Waals surface area (Å²) in [5, 5.41) is 0.920. The van der Waals surface area contributed by atoms with E-state index in [1.54, 1.807) is 25.6 Å². The summed E-state index contributed by atoms with van der Waals surface area (Å²) in [5.74, 6) is 0.0319. The molecule has 1 amide bonds. The van der Waals surface area contributed by atoms with E-state index in [4.69, 9.17) is 10.5 Å². The van der Waals surface area contributed by atoms with Gasteiger partial charge in [-0.1, -0.05) is 0 Å². The van der Waals surface area contributed by atoms with Gasteiger partial charge in [-0.15, -0.1) is 11.8 Å². The van der Waals surface area contributed by atoms with Gasteiger partial charge in [0.15, 0.2) is 0 Å². The van der Waals surface area contributed by atoms with Gasteiger partial charge in [0.05, 0.1) is 17.2 Å². The molecule has 2 aliphatic heterocycles. The Hall–Kier alpha value is -1.43. The number of amides is 1. The second-order valence-corrected chi connectivity index (χ2v) is 5.09. The number of carbonyl (C=O) groups is 2. The largest absolute Gasteiger partial charge is 0.463 e. The molecule has 0 atom stereocenters. The van der Waals surface area contributed by atoms with Crippen molar-refractivity contribution in [3.63, 3.8) is 0 Å². The van der Waals surface area contributed by atoms with Crippen molar-refractivity contribution in [2.45, 2.75) is 20.3 Å². The zero-order chi connectivity index (χ0) is 13.3. The molecule has 0 unspecified atom stereocenters. The topological polar surface area (TPSA) is 72.6 Å². The maximum atomic E-state index is 11.8. The lowest BCUT2D eigenvalue weighted by Crippen LogP contribution is -2.21. The zero-order valence-electron chi connectivity index (χ0n) is 10.5. The van der Waals surface area contributed by atoms with Crippen LogP contribution in [-0.2, 0) is 14.3 Å². The van der Waals surface area contributed by atoms with Gasteiger partial charge in [-0.05, 0) is 13.8 Å². The minimum absolute atomic E-state index is 0.250. The van der Waals surface area contributed by atoms with Crippen LogP contribution in [0.5, 0.6) is 0 Å². The van der Waals surface area contributed by atoms with Crippen LogP contribution in [0.2, 0.25) is 0 Å². The number of nitrogens with two attached hydrogens (primary N) is 1. The first-order chi connectivity index (χ1) is 8.56. The van der Waals surface area contributed by atoms with E-state index in [1.165, 1.54) is 0 Å². The van der Waals surface area contributed by atoms with E-state index in [0.717, 1.165) is 17.3 Å². The molecule has 1 saturated heterocycles. The highest BCUT2D eigenvalue weighted by molar-refractivity contribution is 8.03. The summed E-state index contributed by atoms with van der Waals surface area (Å²) in [6.45, 7) is 4.61. The fraction of sp³-hybridized carbons (Fsp3) is 0.500. The summed E-state index contributed by atoms with van der Waals surface area (Å²) >= 11 is 1.57. The molecule has 0 aromatic carbocycles. The van der Waals surface area contributed by atoms with Crippen molar-refractivity contribution in [3.05, 3.63) is 21.9 Å². The van der Waals surface area contributed by atoms with Gasteiger partial charge in [0, 0.05) is 30.0 Å². The van der Waals surface area contributed by atoms with Crippen molar-refractivity contribution >= 4 is 23.6 Å². The van der Waals surface area contributed by atoms with Crippen LogP contribution in [-0.4, -0.2) is 35.7 Å². The second-order valence-electron chi connectivity index (χ2n) is 4.13. The molecule has 0 aromatic heterocycles. The molecule has 98 valence electrons. The molecule has 2 rings (SSSR count). The van der Waals surface area contributed by atoms with Crippen LogP contribution in [0.4, 0.5) is 0 Å². The van der Waals surface area contributed by atoms with Gasteiger partial charge in [-0.3, -0.25) is 4.79 Å². The van der Waals surface area contributed by atoms with Gasteiger partial charge in [0.2, 0.25) is 5.91 Å². The normalized spacial score (nSPS) is 21.1. The number of primary amides is 1. The number of nitrogens with zero attached hydrogens (tertiary/aromatic N) is 1. The fourth-order valence-corrected chi connectivity index (χ4v) is 3.46. The van der Waals surface area contributed by atoms with E-state index in [9.17, 15) is 9.59 Å². The van der Waals surface area contributed by atoms with Crippen LogP contribution >= 0.6 is 11.8 Å². The summed E-state index contributed by atoms with van der Waals surface area (Å²) in [4.78, 5) is 25.0. The fourth-order valence-electron chi connectivity index (χ4n) is 2.09. The maximum absolute atomic E-state index is 11.8. The first-order valence-electron chi connectivity index (χ1n) is 5.86. The number of esters is 1. The lowest BCUT2D eigenvalue weighted by molar-refractivity contribution is -0.138. The molecule has 0 spiro atoms. The van der Waals surface area contributed by atoms with Crippen LogP contribution in [0.25, 0.3) is 0 Å². The highest BCUT2D eigenvalue weighted by Gasteiger charge is 2.36. The van der Waals surface area contributed by atoms with E-state index >= 15 is 0 Å². The Balaban J connectivity index is 2.29. The Kier molecular flexibility index (Phi) is 3.65. The van der Waals surface area contributed by atoms with Crippen molar-refractivity contribution in [3.8, 4) is 0 Å². The summed E-state index contributed by atoms with van der Waals surface area (Å²) in [6.07, 6.45) is 0.663. The summed E-state index contributed by atoms with van der Waals surface area (Å²) in [5.41, 5.74) is 7.51. The molecule has 0 aromatic rings. The molecular weight excluding hydrogens is 252 g/mol. The zero-order valence-corrected chi connectivity index (χ0v) is 11.3. The molecule has 0 radical (unpaired) electrons. The van der Waals surface area contributed by atoms with Crippen molar-refractivity contribution in [2.75, 3.05) is 18.9 Å². The van der Waals surface area contributed by atoms with E-state index in [0.29, 0.717) is 29.9 Å². The molecule has 1 fully saturated rings. The van der Waals surface area contributed by atoms with Gasteiger partial charge in [0.25, 0.3) is 0 Å². The van der Waals surface area contributed by atoms with E-state index in [2.05, 4.69) is 0 Å². The van der Waals surface area contributed by atoms with E-state index < -0.39 is 5.91 Å². The molecule has 2 heterocycles. The lowest BCUT2D eigenvalue weighted by atomic mass is 10.2. The lowest BCUT2D eigenvalue weighted by Gasteiger charge is -2.16. The van der Waals surface area contributed by atoms with Crippen LogP contribution in [0.15, 0.2) is 21.9 Å². The molecule has 5 nitrogen and oxygen atoms in total. The Morgan fingerprint density at radius 2 is 2.22 bits per heavy atom. The maximum Gasteiger partial charge on any atom is 0.336 e.